The van der Waals surface area contributed by atoms with Crippen molar-refractivity contribution in [3.63, 3.8) is 0 Å². The van der Waals surface area contributed by atoms with E-state index in [1.54, 1.807) is 12.1 Å². The molecule has 0 spiro atoms. The van der Waals surface area contributed by atoms with E-state index < -0.39 is 28.7 Å². The normalized spacial score (nSPS) is 12.9. The molecule has 0 aromatic heterocycles. The molecule has 2 aromatic rings. The number of thiol groups is 1. The minimum absolute atomic E-state index is 0.267. The number of aliphatic carboxylic acids is 1. The monoisotopic (exact) mass is 358 g/mol. The Kier molecular flexibility index (Phi) is 5.98. The van der Waals surface area contributed by atoms with Crippen LogP contribution in [0.2, 0.25) is 0 Å². The number of hydrogen-bond donors (Lipinski definition) is 2. The van der Waals surface area contributed by atoms with Crippen molar-refractivity contribution < 1.29 is 24.2 Å². The molecule has 2 aromatic carbocycles. The maximum absolute atomic E-state index is 12.4. The van der Waals surface area contributed by atoms with Gasteiger partial charge in [0.05, 0.1) is 5.25 Å². The number of Topliss-reactive ketones (excluding diaryl/α,β-unsaturated/α-hetero) is 2. The summed E-state index contributed by atoms with van der Waals surface area (Å²) in [6, 6.07) is 13.8. The van der Waals surface area contributed by atoms with Gasteiger partial charge in [-0.05, 0) is 50.2 Å². The summed E-state index contributed by atoms with van der Waals surface area (Å²) in [5.74, 6) is -2.76. The van der Waals surface area contributed by atoms with Crippen LogP contribution in [0.5, 0.6) is 11.5 Å². The number of ether oxygens (including phenoxy) is 1. The van der Waals surface area contributed by atoms with Crippen molar-refractivity contribution in [3.05, 3.63) is 59.7 Å². The van der Waals surface area contributed by atoms with E-state index in [-0.39, 0.29) is 5.56 Å². The summed E-state index contributed by atoms with van der Waals surface area (Å²) in [6.45, 7) is 3.11. The molecule has 0 heterocycles. The molecule has 0 amide bonds. The van der Waals surface area contributed by atoms with Crippen LogP contribution in [0.25, 0.3) is 0 Å². The number of carboxylic acid groups (broad SMARTS) is 1. The molecule has 1 N–H and O–H groups in total. The Balaban J connectivity index is 2.13. The summed E-state index contributed by atoms with van der Waals surface area (Å²) >= 11 is 4.04. The van der Waals surface area contributed by atoms with Gasteiger partial charge >= 0.3 is 5.97 Å². The maximum Gasteiger partial charge on any atom is 0.315 e. The molecule has 0 bridgehead atoms. The molecule has 0 aliphatic heterocycles. The molecule has 2 atom stereocenters. The molecule has 0 aliphatic carbocycles. The molecule has 0 aliphatic rings. The van der Waals surface area contributed by atoms with Crippen LogP contribution >= 0.6 is 12.6 Å². The lowest BCUT2D eigenvalue weighted by Crippen LogP contribution is -2.35. The standard InChI is InChI=1S/C19H18O5S/c1-11-3-7-14(8-4-11)24-15-9-5-13(6-10-15)17(21)18(25)16(12(2)20)19(22)23/h3-10,16,18,25H,1-2H3,(H,22,23). The van der Waals surface area contributed by atoms with Crippen molar-refractivity contribution >= 4 is 30.2 Å². The highest BCUT2D eigenvalue weighted by molar-refractivity contribution is 7.82. The number of hydrogen-bond acceptors (Lipinski definition) is 5. The summed E-state index contributed by atoms with van der Waals surface area (Å²) < 4.78 is 5.67. The van der Waals surface area contributed by atoms with E-state index in [0.29, 0.717) is 11.5 Å². The molecule has 25 heavy (non-hydrogen) atoms. The van der Waals surface area contributed by atoms with Gasteiger partial charge in [-0.15, -0.1) is 0 Å². The van der Waals surface area contributed by atoms with Crippen LogP contribution in [0.15, 0.2) is 48.5 Å². The predicted molar refractivity (Wildman–Crippen MR) is 96.6 cm³/mol. The van der Waals surface area contributed by atoms with E-state index in [9.17, 15) is 14.4 Å². The second-order valence-corrected chi connectivity index (χ2v) is 6.23. The number of carbonyl (C=O) groups excluding carboxylic acids is 2. The topological polar surface area (TPSA) is 80.7 Å². The third-order valence-electron chi connectivity index (χ3n) is 3.68. The first-order valence-electron chi connectivity index (χ1n) is 7.59. The molecule has 0 radical (unpaired) electrons. The quantitative estimate of drug-likeness (QED) is 0.449. The van der Waals surface area contributed by atoms with E-state index in [1.165, 1.54) is 12.1 Å². The number of aryl methyl sites for hydroxylation is 1. The third kappa shape index (κ3) is 4.70. The Morgan fingerprint density at radius 2 is 1.44 bits per heavy atom. The predicted octanol–water partition coefficient (Wildman–Crippen LogP) is 3.56. The molecule has 130 valence electrons. The number of rotatable bonds is 7. The average Bonchev–Trinajstić information content (AvgIpc) is 2.56. The second-order valence-electron chi connectivity index (χ2n) is 5.68. The van der Waals surface area contributed by atoms with Crippen LogP contribution in [0.4, 0.5) is 0 Å². The minimum Gasteiger partial charge on any atom is -0.481 e. The molecule has 5 nitrogen and oxygen atoms in total. The molecular weight excluding hydrogens is 340 g/mol. The summed E-state index contributed by atoms with van der Waals surface area (Å²) in [5.41, 5.74) is 1.38. The Morgan fingerprint density at radius 1 is 0.960 bits per heavy atom. The summed E-state index contributed by atoms with van der Waals surface area (Å²) in [6.07, 6.45) is 0. The highest BCUT2D eigenvalue weighted by atomic mass is 32.1. The Hall–Kier alpha value is -2.60. The summed E-state index contributed by atoms with van der Waals surface area (Å²) in [4.78, 5) is 35.0. The number of ketones is 2. The van der Waals surface area contributed by atoms with Crippen molar-refractivity contribution in [2.24, 2.45) is 5.92 Å². The smallest absolute Gasteiger partial charge is 0.315 e. The number of carbonyl (C=O) groups is 3. The third-order valence-corrected chi connectivity index (χ3v) is 4.22. The molecule has 2 rings (SSSR count). The summed E-state index contributed by atoms with van der Waals surface area (Å²) in [7, 11) is 0. The molecule has 6 heteroatoms. The van der Waals surface area contributed by atoms with Gasteiger partial charge in [0.25, 0.3) is 0 Å². The van der Waals surface area contributed by atoms with Crippen molar-refractivity contribution in [3.8, 4) is 11.5 Å². The number of benzene rings is 2. The van der Waals surface area contributed by atoms with Gasteiger partial charge in [-0.2, -0.15) is 12.6 Å². The lowest BCUT2D eigenvalue weighted by Gasteiger charge is -2.16. The average molecular weight is 358 g/mol. The first-order valence-corrected chi connectivity index (χ1v) is 8.11. The van der Waals surface area contributed by atoms with E-state index in [1.807, 2.05) is 31.2 Å². The highest BCUT2D eigenvalue weighted by Crippen LogP contribution is 2.24. The zero-order valence-electron chi connectivity index (χ0n) is 13.8. The molecule has 0 fully saturated rings. The van der Waals surface area contributed by atoms with E-state index in [2.05, 4.69) is 12.6 Å². The molecule has 2 unspecified atom stereocenters. The zero-order valence-corrected chi connectivity index (χ0v) is 14.7. The SMILES string of the molecule is CC(=O)C(C(=O)O)C(S)C(=O)c1ccc(Oc2ccc(C)cc2)cc1. The Morgan fingerprint density at radius 3 is 1.88 bits per heavy atom. The fraction of sp³-hybridized carbons (Fsp3) is 0.211. The highest BCUT2D eigenvalue weighted by Gasteiger charge is 2.35. The zero-order chi connectivity index (χ0) is 18.6. The fourth-order valence-corrected chi connectivity index (χ4v) is 2.77. The van der Waals surface area contributed by atoms with Crippen molar-refractivity contribution in [2.45, 2.75) is 19.1 Å². The first-order chi connectivity index (χ1) is 11.8. The van der Waals surface area contributed by atoms with Crippen LogP contribution in [-0.2, 0) is 9.59 Å². The summed E-state index contributed by atoms with van der Waals surface area (Å²) in [5, 5.41) is 7.86. The minimum atomic E-state index is -1.47. The lowest BCUT2D eigenvalue weighted by atomic mass is 9.94. The molecule has 0 saturated heterocycles. The van der Waals surface area contributed by atoms with Crippen LogP contribution in [0.1, 0.15) is 22.8 Å². The van der Waals surface area contributed by atoms with Crippen LogP contribution < -0.4 is 4.74 Å². The Labute approximate surface area is 151 Å². The van der Waals surface area contributed by atoms with E-state index >= 15 is 0 Å². The van der Waals surface area contributed by atoms with Crippen LogP contribution in [-0.4, -0.2) is 27.9 Å². The van der Waals surface area contributed by atoms with Crippen molar-refractivity contribution in [1.29, 1.82) is 0 Å². The fourth-order valence-electron chi connectivity index (χ4n) is 2.28. The molecule has 0 saturated carbocycles. The van der Waals surface area contributed by atoms with Crippen LogP contribution in [0, 0.1) is 12.8 Å². The van der Waals surface area contributed by atoms with E-state index in [4.69, 9.17) is 9.84 Å². The largest absolute Gasteiger partial charge is 0.481 e. The van der Waals surface area contributed by atoms with E-state index in [0.717, 1.165) is 12.5 Å². The van der Waals surface area contributed by atoms with Gasteiger partial charge in [0.1, 0.15) is 23.2 Å². The maximum atomic E-state index is 12.4. The van der Waals surface area contributed by atoms with Gasteiger partial charge in [0, 0.05) is 5.56 Å². The lowest BCUT2D eigenvalue weighted by molar-refractivity contribution is -0.145. The van der Waals surface area contributed by atoms with Gasteiger partial charge in [-0.1, -0.05) is 17.7 Å². The Bertz CT molecular complexity index is 766. The van der Waals surface area contributed by atoms with Gasteiger partial charge < -0.3 is 9.84 Å². The van der Waals surface area contributed by atoms with Crippen molar-refractivity contribution in [2.75, 3.05) is 0 Å². The van der Waals surface area contributed by atoms with Gasteiger partial charge in [-0.3, -0.25) is 14.4 Å². The van der Waals surface area contributed by atoms with Gasteiger partial charge in [0.15, 0.2) is 5.78 Å². The molecular formula is C19H18O5S. The number of carboxylic acids is 1. The van der Waals surface area contributed by atoms with Crippen LogP contribution in [0.3, 0.4) is 0 Å². The first kappa shape index (κ1) is 18.7. The second kappa shape index (κ2) is 7.98. The van der Waals surface area contributed by atoms with Gasteiger partial charge in [-0.25, -0.2) is 0 Å². The van der Waals surface area contributed by atoms with Gasteiger partial charge in [0.2, 0.25) is 0 Å². The van der Waals surface area contributed by atoms with Crippen molar-refractivity contribution in [1.82, 2.24) is 0 Å².